The molecule has 3 aliphatic heterocycles. The lowest BCUT2D eigenvalue weighted by Crippen LogP contribution is -2.59. The van der Waals surface area contributed by atoms with Gasteiger partial charge in [0.1, 0.15) is 17.7 Å². The van der Waals surface area contributed by atoms with Crippen LogP contribution in [0, 0.1) is 17.8 Å². The van der Waals surface area contributed by atoms with E-state index in [1.807, 2.05) is 75.4 Å². The number of aliphatic hydroxyl groups is 1. The monoisotopic (exact) mass is 834 g/mol. The van der Waals surface area contributed by atoms with Gasteiger partial charge in [0.05, 0.1) is 36.6 Å². The summed E-state index contributed by atoms with van der Waals surface area (Å²) >= 11 is 3.78. The van der Waals surface area contributed by atoms with Crippen molar-refractivity contribution in [3.8, 4) is 0 Å². The summed E-state index contributed by atoms with van der Waals surface area (Å²) in [5.74, 6) is -3.55. The maximum absolute atomic E-state index is 15.2. The van der Waals surface area contributed by atoms with Crippen LogP contribution in [0.3, 0.4) is 0 Å². The number of carbonyl (C=O) groups is 4. The predicted molar refractivity (Wildman–Crippen MR) is 222 cm³/mol. The van der Waals surface area contributed by atoms with E-state index in [1.165, 1.54) is 4.90 Å². The Labute approximate surface area is 340 Å². The van der Waals surface area contributed by atoms with Gasteiger partial charge >= 0.3 is 5.97 Å². The Hall–Kier alpha value is -4.00. The Balaban J connectivity index is 1.56. The minimum atomic E-state index is -1.38. The molecular weight excluding hydrogens is 776 g/mol. The van der Waals surface area contributed by atoms with Gasteiger partial charge in [0.2, 0.25) is 11.8 Å². The minimum absolute atomic E-state index is 0.0896. The van der Waals surface area contributed by atoms with Crippen LogP contribution in [0.5, 0.6) is 0 Å². The van der Waals surface area contributed by atoms with E-state index in [1.54, 1.807) is 29.0 Å². The molecule has 3 heterocycles. The number of nitrogens with zero attached hydrogens (tertiary/aromatic N) is 4. The summed E-state index contributed by atoms with van der Waals surface area (Å²) < 4.78 is 13.3. The number of esters is 1. The number of hydrogen-bond acceptors (Lipinski definition) is 8. The van der Waals surface area contributed by atoms with Crippen molar-refractivity contribution in [1.29, 1.82) is 0 Å². The molecule has 2 aromatic carbocycles. The van der Waals surface area contributed by atoms with Crippen LogP contribution in [0.15, 0.2) is 79.9 Å². The third kappa shape index (κ3) is 8.20. The molecule has 2 bridgehead atoms. The van der Waals surface area contributed by atoms with Gasteiger partial charge in [-0.3, -0.25) is 19.2 Å². The molecule has 11 nitrogen and oxygen atoms in total. The van der Waals surface area contributed by atoms with E-state index < -0.39 is 59.6 Å². The number of halogens is 1. The van der Waals surface area contributed by atoms with E-state index >= 15 is 9.59 Å². The largest absolute Gasteiger partial charge is 0.455 e. The van der Waals surface area contributed by atoms with Gasteiger partial charge in [-0.05, 0) is 75.8 Å². The number of likely N-dealkylation sites (tertiary alicyclic amines) is 1. The summed E-state index contributed by atoms with van der Waals surface area (Å²) in [5, 5.41) is 10.8. The Morgan fingerprint density at radius 3 is 2.25 bits per heavy atom. The number of carbonyl (C=O) groups excluding carboxylic acids is 4. The van der Waals surface area contributed by atoms with Gasteiger partial charge in [-0.25, -0.2) is 0 Å². The highest BCUT2D eigenvalue weighted by atomic mass is 79.9. The Morgan fingerprint density at radius 2 is 1.68 bits per heavy atom. The molecule has 12 heteroatoms. The molecule has 5 rings (SSSR count). The normalized spacial score (nSPS) is 25.3. The summed E-state index contributed by atoms with van der Waals surface area (Å²) in [4.78, 5) is 64.7. The Morgan fingerprint density at radius 1 is 1.04 bits per heavy atom. The first-order valence-electron chi connectivity index (χ1n) is 19.9. The highest BCUT2D eigenvalue weighted by molar-refractivity contribution is 9.09. The van der Waals surface area contributed by atoms with Gasteiger partial charge in [-0.2, -0.15) is 0 Å². The number of likely N-dealkylation sites (N-methyl/N-ethyl adjacent to an activating group) is 1. The number of alkyl halides is 1. The smallest absolute Gasteiger partial charge is 0.313 e. The summed E-state index contributed by atoms with van der Waals surface area (Å²) in [7, 11) is 1.69. The number of ether oxygens (including phenoxy) is 2. The number of fused-ring (bicyclic) bond motifs is 1. The van der Waals surface area contributed by atoms with Crippen molar-refractivity contribution in [2.75, 3.05) is 43.1 Å². The molecule has 0 saturated carbocycles. The van der Waals surface area contributed by atoms with Gasteiger partial charge < -0.3 is 34.2 Å². The van der Waals surface area contributed by atoms with Gasteiger partial charge in [0.15, 0.2) is 0 Å². The molecule has 3 amide bonds. The maximum atomic E-state index is 15.2. The van der Waals surface area contributed by atoms with E-state index in [9.17, 15) is 14.7 Å². The van der Waals surface area contributed by atoms with Crippen LogP contribution in [-0.2, 0) is 28.7 Å². The van der Waals surface area contributed by atoms with Crippen molar-refractivity contribution in [3.05, 3.63) is 85.5 Å². The highest BCUT2D eigenvalue weighted by Gasteiger charge is 2.77. The van der Waals surface area contributed by atoms with E-state index in [2.05, 4.69) is 47.8 Å². The highest BCUT2D eigenvalue weighted by Crippen LogP contribution is 2.61. The van der Waals surface area contributed by atoms with Crippen molar-refractivity contribution in [2.45, 2.75) is 101 Å². The standard InChI is InChI=1S/C44H59BrN4O7/c1-9-13-19-35(51)46(8)29(7)38(30-17-15-14-16-18-30)55-43(54)36-37-41(52)49(33(27-50)25-28(5)6)40(44(37)26-34(45)39(36)56-44)42(53)48(24-10-2)32-22-20-31(21-23-32)47(11-3)12-4/h9-10,14-18,20-23,28-29,33-34,36-40,50H,1-2,11-13,19,24-27H2,3-8H3/t29-,33-,34?,36-,37+,38+,39-,40-,44+/m1/s1. The average molecular weight is 836 g/mol. The lowest BCUT2D eigenvalue weighted by molar-refractivity contribution is -0.165. The minimum Gasteiger partial charge on any atom is -0.455 e. The zero-order valence-electron chi connectivity index (χ0n) is 33.7. The molecular formula is C44H59BrN4O7. The van der Waals surface area contributed by atoms with Crippen LogP contribution in [0.1, 0.15) is 72.0 Å². The van der Waals surface area contributed by atoms with Crippen molar-refractivity contribution in [1.82, 2.24) is 9.80 Å². The van der Waals surface area contributed by atoms with Gasteiger partial charge in [0, 0.05) is 49.3 Å². The molecule has 1 unspecified atom stereocenters. The van der Waals surface area contributed by atoms with E-state index in [-0.39, 0.29) is 42.1 Å². The predicted octanol–water partition coefficient (Wildman–Crippen LogP) is 6.30. The van der Waals surface area contributed by atoms with Crippen LogP contribution in [-0.4, -0.2) is 107 Å². The summed E-state index contributed by atoms with van der Waals surface area (Å²) in [5.41, 5.74) is 0.970. The van der Waals surface area contributed by atoms with E-state index in [0.717, 1.165) is 18.8 Å². The Kier molecular flexibility index (Phi) is 14.3. The maximum Gasteiger partial charge on any atom is 0.313 e. The van der Waals surface area contributed by atoms with Crippen LogP contribution < -0.4 is 9.80 Å². The second-order valence-electron chi connectivity index (χ2n) is 15.6. The third-order valence-electron chi connectivity index (χ3n) is 11.8. The molecule has 0 aliphatic carbocycles. The molecule has 2 aromatic rings. The second kappa shape index (κ2) is 18.5. The van der Waals surface area contributed by atoms with Crippen molar-refractivity contribution in [2.24, 2.45) is 17.8 Å². The molecule has 56 heavy (non-hydrogen) atoms. The van der Waals surface area contributed by atoms with Crippen molar-refractivity contribution < 1.29 is 33.8 Å². The molecule has 3 saturated heterocycles. The van der Waals surface area contributed by atoms with E-state index in [0.29, 0.717) is 30.5 Å². The first-order chi connectivity index (χ1) is 26.8. The first kappa shape index (κ1) is 43.1. The molecule has 304 valence electrons. The van der Waals surface area contributed by atoms with Crippen molar-refractivity contribution >= 4 is 51.0 Å². The van der Waals surface area contributed by atoms with Crippen LogP contribution in [0.2, 0.25) is 0 Å². The summed E-state index contributed by atoms with van der Waals surface area (Å²) in [6.45, 7) is 19.1. The zero-order valence-corrected chi connectivity index (χ0v) is 35.3. The fourth-order valence-corrected chi connectivity index (χ4v) is 9.93. The SMILES string of the molecule is C=CCCC(=O)N(C)[C@H](C)[C@H](OC(=O)[C@H]1[C@@H]2O[C@@]3(CC2Br)[C@@H]1C(=O)N([C@@H](CO)CC(C)C)[C@@H]3C(=O)N(CC=C)c1ccc(N(CC)CC)cc1)c1ccccc1. The Bertz CT molecular complexity index is 1720. The van der Waals surface area contributed by atoms with Gasteiger partial charge in [-0.1, -0.05) is 72.3 Å². The van der Waals surface area contributed by atoms with Crippen LogP contribution in [0.25, 0.3) is 0 Å². The van der Waals surface area contributed by atoms with Gasteiger partial charge in [-0.15, -0.1) is 13.2 Å². The summed E-state index contributed by atoms with van der Waals surface area (Å²) in [6, 6.07) is 14.6. The second-order valence-corrected chi connectivity index (χ2v) is 16.8. The number of rotatable bonds is 19. The average Bonchev–Trinajstić information content (AvgIpc) is 3.80. The number of benzene rings is 2. The molecule has 3 fully saturated rings. The fourth-order valence-electron chi connectivity index (χ4n) is 8.98. The van der Waals surface area contributed by atoms with Gasteiger partial charge in [0.25, 0.3) is 5.91 Å². The molecule has 9 atom stereocenters. The fraction of sp³-hybridized carbons (Fsp3) is 0.545. The number of amides is 3. The number of allylic oxidation sites excluding steroid dienone is 1. The lowest BCUT2D eigenvalue weighted by Gasteiger charge is -2.40. The lowest BCUT2D eigenvalue weighted by atomic mass is 9.70. The summed E-state index contributed by atoms with van der Waals surface area (Å²) in [6.07, 6.45) is 3.23. The topological polar surface area (TPSA) is 120 Å². The number of hydrogen-bond donors (Lipinski definition) is 1. The van der Waals surface area contributed by atoms with E-state index in [4.69, 9.17) is 9.47 Å². The molecule has 1 spiro atoms. The number of anilines is 2. The quantitative estimate of drug-likeness (QED) is 0.0996. The third-order valence-corrected chi connectivity index (χ3v) is 12.7. The molecule has 0 aromatic heterocycles. The molecule has 0 radical (unpaired) electrons. The molecule has 3 aliphatic rings. The van der Waals surface area contributed by atoms with Crippen molar-refractivity contribution in [3.63, 3.8) is 0 Å². The number of aliphatic hydroxyl groups excluding tert-OH is 1. The zero-order chi connectivity index (χ0) is 40.9. The first-order valence-corrected chi connectivity index (χ1v) is 20.9. The van der Waals surface area contributed by atoms with Crippen LogP contribution >= 0.6 is 15.9 Å². The van der Waals surface area contributed by atoms with Crippen LogP contribution in [0.4, 0.5) is 11.4 Å². The molecule has 1 N–H and O–H groups in total.